The topological polar surface area (TPSA) is 100 Å². The molecule has 0 aromatic heterocycles. The molecule has 8 nitrogen and oxygen atoms in total. The summed E-state index contributed by atoms with van der Waals surface area (Å²) in [5, 5.41) is 22.5. The molecule has 0 radical (unpaired) electrons. The van der Waals surface area contributed by atoms with Gasteiger partial charge < -0.3 is 15.0 Å². The van der Waals surface area contributed by atoms with Gasteiger partial charge in [-0.25, -0.2) is 0 Å². The molecule has 1 aromatic rings. The van der Waals surface area contributed by atoms with Gasteiger partial charge in [-0.3, -0.25) is 10.1 Å². The van der Waals surface area contributed by atoms with Crippen molar-refractivity contribution in [2.75, 3.05) is 23.3 Å². The van der Waals surface area contributed by atoms with Crippen LogP contribution in [0.4, 0.5) is 17.1 Å². The number of hydrogen-bond acceptors (Lipinski definition) is 7. The molecule has 0 bridgehead atoms. The highest BCUT2D eigenvalue weighted by molar-refractivity contribution is 5.97. The minimum Gasteiger partial charge on any atom is -0.379 e. The normalized spacial score (nSPS) is 13.5. The number of nitrogens with one attached hydrogen (secondary N) is 1. The van der Waals surface area contributed by atoms with Crippen LogP contribution in [0.15, 0.2) is 28.4 Å². The Balaban J connectivity index is 2.02. The van der Waals surface area contributed by atoms with Gasteiger partial charge in [0.15, 0.2) is 0 Å². The second kappa shape index (κ2) is 9.51. The third kappa shape index (κ3) is 5.37. The summed E-state index contributed by atoms with van der Waals surface area (Å²) in [4.78, 5) is 23.1. The molecule has 0 aliphatic carbocycles. The van der Waals surface area contributed by atoms with Crippen molar-refractivity contribution in [3.63, 3.8) is 0 Å². The van der Waals surface area contributed by atoms with Crippen molar-refractivity contribution in [2.24, 2.45) is 10.2 Å². The van der Waals surface area contributed by atoms with E-state index >= 15 is 0 Å². The van der Waals surface area contributed by atoms with Crippen LogP contribution in [0.2, 0.25) is 0 Å². The molecule has 2 rings (SSSR count). The van der Waals surface area contributed by atoms with E-state index in [0.717, 1.165) is 37.7 Å². The molecule has 1 aliphatic heterocycles. The molecule has 0 spiro atoms. The first-order valence-electron chi connectivity index (χ1n) is 8.47. The molecule has 0 fully saturated rings. The minimum atomic E-state index is -0.381. The summed E-state index contributed by atoms with van der Waals surface area (Å²) in [6.45, 7) is 3.22. The Bertz CT molecular complexity index is 672. The molecular weight excluding hydrogens is 322 g/mol. The number of benzene rings is 1. The lowest BCUT2D eigenvalue weighted by Crippen LogP contribution is -2.30. The van der Waals surface area contributed by atoms with E-state index in [2.05, 4.69) is 15.5 Å². The van der Waals surface area contributed by atoms with Gasteiger partial charge in [0.1, 0.15) is 18.3 Å². The Labute approximate surface area is 146 Å². The second-order valence-corrected chi connectivity index (χ2v) is 5.78. The number of rotatable bonds is 10. The quantitative estimate of drug-likeness (QED) is 0.303. The molecule has 1 aliphatic rings. The largest absolute Gasteiger partial charge is 0.379 e. The van der Waals surface area contributed by atoms with E-state index in [0.29, 0.717) is 30.9 Å². The zero-order valence-corrected chi connectivity index (χ0v) is 14.4. The van der Waals surface area contributed by atoms with E-state index in [9.17, 15) is 14.9 Å². The third-order valence-corrected chi connectivity index (χ3v) is 3.98. The molecule has 8 heteroatoms. The van der Waals surface area contributed by atoms with Crippen molar-refractivity contribution >= 4 is 35.4 Å². The maximum Gasteiger partial charge on any atom is 0.294 e. The monoisotopic (exact) mass is 345 g/mol. The average Bonchev–Trinajstić information content (AvgIpc) is 2.64. The first-order valence-corrected chi connectivity index (χ1v) is 8.47. The van der Waals surface area contributed by atoms with Crippen LogP contribution in [0.1, 0.15) is 39.0 Å². The van der Waals surface area contributed by atoms with Gasteiger partial charge in [0.2, 0.25) is 0 Å². The number of anilines is 2. The summed E-state index contributed by atoms with van der Waals surface area (Å²) in [5.74, 6) is 0. The number of nitro groups is 1. The molecular formula is C17H23N5O3. The summed E-state index contributed by atoms with van der Waals surface area (Å²) in [5.41, 5.74) is 2.19. The van der Waals surface area contributed by atoms with Gasteiger partial charge in [0.25, 0.3) is 5.69 Å². The van der Waals surface area contributed by atoms with Crippen LogP contribution < -0.4 is 10.2 Å². The fourth-order valence-electron chi connectivity index (χ4n) is 2.53. The second-order valence-electron chi connectivity index (χ2n) is 5.78. The Morgan fingerprint density at radius 3 is 2.92 bits per heavy atom. The molecule has 1 heterocycles. The summed E-state index contributed by atoms with van der Waals surface area (Å²) in [7, 11) is 0. The van der Waals surface area contributed by atoms with Crippen molar-refractivity contribution in [1.82, 2.24) is 0 Å². The van der Waals surface area contributed by atoms with E-state index in [1.807, 2.05) is 17.9 Å². The van der Waals surface area contributed by atoms with Crippen LogP contribution in [0, 0.1) is 10.1 Å². The molecule has 0 saturated heterocycles. The first-order chi connectivity index (χ1) is 12.2. The summed E-state index contributed by atoms with van der Waals surface area (Å²) >= 11 is 0. The van der Waals surface area contributed by atoms with E-state index < -0.39 is 0 Å². The smallest absolute Gasteiger partial charge is 0.294 e. The van der Waals surface area contributed by atoms with Crippen LogP contribution in [-0.4, -0.2) is 36.3 Å². The summed E-state index contributed by atoms with van der Waals surface area (Å²) in [6.07, 6.45) is 6.48. The standard InChI is InChI=1S/C17H23N5O3/c1-2-14-12-21(13-19-20-14)15-7-8-16(17(11-15)22(24)25)18-9-5-3-4-6-10-23/h7-8,10-11,13,18H,2-6,9,12H2,1H3. The van der Waals surface area contributed by atoms with E-state index in [4.69, 9.17) is 0 Å². The van der Waals surface area contributed by atoms with Crippen LogP contribution in [0.5, 0.6) is 0 Å². The zero-order valence-electron chi connectivity index (χ0n) is 14.4. The fraction of sp³-hybridized carbons (Fsp3) is 0.471. The van der Waals surface area contributed by atoms with Crippen molar-refractivity contribution < 1.29 is 9.72 Å². The lowest BCUT2D eigenvalue weighted by Gasteiger charge is -2.22. The Kier molecular flexibility index (Phi) is 7.06. The zero-order chi connectivity index (χ0) is 18.1. The molecule has 0 atom stereocenters. The van der Waals surface area contributed by atoms with E-state index in [1.54, 1.807) is 18.5 Å². The van der Waals surface area contributed by atoms with Crippen molar-refractivity contribution in [3.8, 4) is 0 Å². The molecule has 1 aromatic carbocycles. The predicted molar refractivity (Wildman–Crippen MR) is 99.7 cm³/mol. The predicted octanol–water partition coefficient (Wildman–Crippen LogP) is 3.38. The fourth-order valence-corrected chi connectivity index (χ4v) is 2.53. The van der Waals surface area contributed by atoms with Crippen LogP contribution in [0.25, 0.3) is 0 Å². The van der Waals surface area contributed by atoms with Gasteiger partial charge >= 0.3 is 0 Å². The first kappa shape index (κ1) is 18.6. The van der Waals surface area contributed by atoms with Gasteiger partial charge in [-0.05, 0) is 31.4 Å². The summed E-state index contributed by atoms with van der Waals surface area (Å²) < 4.78 is 0. The number of hydrogen-bond donors (Lipinski definition) is 1. The SMILES string of the molecule is CCC1=NN=CN(c2ccc(NCCCCCC=O)c([N+](=O)[O-])c2)C1. The number of carbonyl (C=O) groups excluding carboxylic acids is 1. The van der Waals surface area contributed by atoms with Gasteiger partial charge in [0.05, 0.1) is 17.2 Å². The number of carbonyl (C=O) groups is 1. The Morgan fingerprint density at radius 2 is 2.20 bits per heavy atom. The number of aldehydes is 1. The maximum absolute atomic E-state index is 11.4. The Hall–Kier alpha value is -2.77. The maximum atomic E-state index is 11.4. The molecule has 0 unspecified atom stereocenters. The molecule has 1 N–H and O–H groups in total. The molecule has 134 valence electrons. The van der Waals surface area contributed by atoms with Crippen LogP contribution >= 0.6 is 0 Å². The van der Waals surface area contributed by atoms with E-state index in [1.165, 1.54) is 0 Å². The highest BCUT2D eigenvalue weighted by Crippen LogP contribution is 2.30. The van der Waals surface area contributed by atoms with Gasteiger partial charge in [-0.1, -0.05) is 13.3 Å². The molecule has 0 amide bonds. The number of nitrogens with zero attached hydrogens (tertiary/aromatic N) is 4. The van der Waals surface area contributed by atoms with Crippen LogP contribution in [-0.2, 0) is 4.79 Å². The van der Waals surface area contributed by atoms with Gasteiger partial charge in [-0.15, -0.1) is 5.10 Å². The average molecular weight is 345 g/mol. The lowest BCUT2D eigenvalue weighted by atomic mass is 10.2. The van der Waals surface area contributed by atoms with Crippen molar-refractivity contribution in [1.29, 1.82) is 0 Å². The Morgan fingerprint density at radius 1 is 1.36 bits per heavy atom. The number of unbranched alkanes of at least 4 members (excludes halogenated alkanes) is 3. The summed E-state index contributed by atoms with van der Waals surface area (Å²) in [6, 6.07) is 5.12. The van der Waals surface area contributed by atoms with Crippen molar-refractivity contribution in [3.05, 3.63) is 28.3 Å². The lowest BCUT2D eigenvalue weighted by molar-refractivity contribution is -0.383. The number of nitro benzene ring substituents is 1. The molecule has 25 heavy (non-hydrogen) atoms. The van der Waals surface area contributed by atoms with Crippen molar-refractivity contribution in [2.45, 2.75) is 39.0 Å². The highest BCUT2D eigenvalue weighted by Gasteiger charge is 2.18. The van der Waals surface area contributed by atoms with Gasteiger partial charge in [-0.2, -0.15) is 5.10 Å². The van der Waals surface area contributed by atoms with Gasteiger partial charge in [0, 0.05) is 24.7 Å². The van der Waals surface area contributed by atoms with Crippen LogP contribution in [0.3, 0.4) is 0 Å². The molecule has 0 saturated carbocycles. The third-order valence-electron chi connectivity index (χ3n) is 3.98. The minimum absolute atomic E-state index is 0.0411. The van der Waals surface area contributed by atoms with E-state index in [-0.39, 0.29) is 10.6 Å². The highest BCUT2D eigenvalue weighted by atomic mass is 16.6.